The van der Waals surface area contributed by atoms with Gasteiger partial charge >= 0.3 is 0 Å². The number of nitro groups is 1. The quantitative estimate of drug-likeness (QED) is 0.232. The van der Waals surface area contributed by atoms with Gasteiger partial charge in [0.05, 0.1) is 30.4 Å². The van der Waals surface area contributed by atoms with Gasteiger partial charge in [-0.25, -0.2) is 9.36 Å². The summed E-state index contributed by atoms with van der Waals surface area (Å²) in [6, 6.07) is 13.9. The van der Waals surface area contributed by atoms with E-state index in [9.17, 15) is 14.9 Å². The monoisotopic (exact) mass is 467 g/mol. The Morgan fingerprint density at radius 1 is 0.867 bits per heavy atom. The summed E-state index contributed by atoms with van der Waals surface area (Å²) in [4.78, 5) is 22.9. The molecule has 150 valence electrons. The summed E-state index contributed by atoms with van der Waals surface area (Å²) in [5, 5.41) is 26.5. The van der Waals surface area contributed by atoms with E-state index in [0.29, 0.717) is 13.1 Å². The molecule has 4 rings (SSSR count). The number of benzene rings is 2. The number of halogens is 1. The maximum absolute atomic E-state index is 12.6. The highest BCUT2D eigenvalue weighted by atomic mass is 79.9. The van der Waals surface area contributed by atoms with Gasteiger partial charge in [-0.05, 0) is 23.3 Å². The lowest BCUT2D eigenvalue weighted by Gasteiger charge is -2.00. The Morgan fingerprint density at radius 2 is 1.33 bits per heavy atom. The van der Waals surface area contributed by atoms with E-state index in [1.165, 1.54) is 23.0 Å². The first-order chi connectivity index (χ1) is 14.5. The maximum atomic E-state index is 12.6. The summed E-state index contributed by atoms with van der Waals surface area (Å²) in [6.45, 7) is 0.814. The molecule has 2 heterocycles. The van der Waals surface area contributed by atoms with Crippen molar-refractivity contribution in [3.8, 4) is 0 Å². The van der Waals surface area contributed by atoms with Crippen molar-refractivity contribution < 1.29 is 9.72 Å². The zero-order valence-electron chi connectivity index (χ0n) is 15.4. The van der Waals surface area contributed by atoms with Crippen LogP contribution in [0.2, 0.25) is 0 Å². The molecule has 0 aliphatic rings. The minimum atomic E-state index is -0.458. The molecule has 0 atom stereocenters. The van der Waals surface area contributed by atoms with E-state index in [4.69, 9.17) is 0 Å². The Bertz CT molecular complexity index is 1200. The lowest BCUT2D eigenvalue weighted by Crippen LogP contribution is -2.03. The highest BCUT2D eigenvalue weighted by molar-refractivity contribution is 9.10. The van der Waals surface area contributed by atoms with Gasteiger partial charge in [0.2, 0.25) is 5.78 Å². The van der Waals surface area contributed by atoms with Crippen molar-refractivity contribution in [1.82, 2.24) is 30.0 Å². The van der Waals surface area contributed by atoms with Gasteiger partial charge in [0.1, 0.15) is 0 Å². The average Bonchev–Trinajstić information content (AvgIpc) is 3.39. The van der Waals surface area contributed by atoms with E-state index in [1.54, 1.807) is 23.0 Å². The zero-order chi connectivity index (χ0) is 21.1. The van der Waals surface area contributed by atoms with E-state index in [0.717, 1.165) is 15.6 Å². The fourth-order valence-electron chi connectivity index (χ4n) is 2.78. The van der Waals surface area contributed by atoms with Gasteiger partial charge in [-0.1, -0.05) is 50.6 Å². The molecule has 0 fully saturated rings. The Kier molecular flexibility index (Phi) is 5.44. The van der Waals surface area contributed by atoms with Crippen molar-refractivity contribution in [2.45, 2.75) is 13.1 Å². The highest BCUT2D eigenvalue weighted by Gasteiger charge is 2.17. The number of aromatic nitrogens is 6. The number of hydrogen-bond donors (Lipinski definition) is 0. The molecule has 0 spiro atoms. The van der Waals surface area contributed by atoms with Crippen LogP contribution in [-0.4, -0.2) is 40.7 Å². The Balaban J connectivity index is 1.43. The Morgan fingerprint density at radius 3 is 1.80 bits per heavy atom. The summed E-state index contributed by atoms with van der Waals surface area (Å²) in [7, 11) is 0. The van der Waals surface area contributed by atoms with Gasteiger partial charge in [0.25, 0.3) is 5.69 Å². The third-order valence-corrected chi connectivity index (χ3v) is 4.82. The number of nitro benzene ring substituents is 1. The zero-order valence-corrected chi connectivity index (χ0v) is 17.0. The predicted octanol–water partition coefficient (Wildman–Crippen LogP) is 2.87. The molecule has 0 saturated carbocycles. The van der Waals surface area contributed by atoms with Crippen LogP contribution < -0.4 is 0 Å². The van der Waals surface area contributed by atoms with Crippen molar-refractivity contribution in [3.05, 3.63) is 98.0 Å². The second kappa shape index (κ2) is 8.33. The first kappa shape index (κ1) is 19.6. The molecule has 2 aromatic carbocycles. The predicted molar refractivity (Wildman–Crippen MR) is 109 cm³/mol. The van der Waals surface area contributed by atoms with Crippen LogP contribution in [0.1, 0.15) is 27.3 Å². The number of non-ortho nitro benzene ring substituents is 1. The summed E-state index contributed by atoms with van der Waals surface area (Å²) >= 11 is 3.39. The summed E-state index contributed by atoms with van der Waals surface area (Å²) in [5.41, 5.74) is 2.16. The SMILES string of the molecule is O=C(c1cn(Cc2ccc(Br)cc2)nn1)c1cn(Cc2ccc([N+](=O)[O-])cc2)nn1. The molecule has 10 nitrogen and oxygen atoms in total. The van der Waals surface area contributed by atoms with Crippen LogP contribution in [0.15, 0.2) is 65.4 Å². The second-order valence-corrected chi connectivity index (χ2v) is 7.40. The van der Waals surface area contributed by atoms with E-state index < -0.39 is 4.92 Å². The standard InChI is InChI=1S/C19H14BrN7O3/c20-15-5-1-13(2-6-15)9-25-11-17(21-23-25)19(28)18-12-26(24-22-18)10-14-3-7-16(8-4-14)27(29)30/h1-8,11-12H,9-10H2. The Hall–Kier alpha value is -3.73. The number of nitrogens with zero attached hydrogens (tertiary/aromatic N) is 7. The smallest absolute Gasteiger partial charge is 0.269 e. The molecule has 11 heteroatoms. The fraction of sp³-hybridized carbons (Fsp3) is 0.105. The van der Waals surface area contributed by atoms with Gasteiger partial charge in [-0.15, -0.1) is 10.2 Å². The van der Waals surface area contributed by atoms with Crippen LogP contribution in [0.4, 0.5) is 5.69 Å². The van der Waals surface area contributed by atoms with E-state index >= 15 is 0 Å². The fourth-order valence-corrected chi connectivity index (χ4v) is 3.04. The topological polar surface area (TPSA) is 122 Å². The van der Waals surface area contributed by atoms with E-state index in [2.05, 4.69) is 36.6 Å². The molecule has 0 unspecified atom stereocenters. The minimum absolute atomic E-state index is 0.0134. The van der Waals surface area contributed by atoms with Crippen LogP contribution in [0, 0.1) is 10.1 Å². The maximum Gasteiger partial charge on any atom is 0.269 e. The van der Waals surface area contributed by atoms with Gasteiger partial charge in [-0.2, -0.15) is 0 Å². The summed E-state index contributed by atoms with van der Waals surface area (Å²) in [5.74, 6) is -0.382. The third kappa shape index (κ3) is 4.46. The van der Waals surface area contributed by atoms with Crippen LogP contribution in [0.25, 0.3) is 0 Å². The van der Waals surface area contributed by atoms with Crippen molar-refractivity contribution in [2.24, 2.45) is 0 Å². The molecule has 0 amide bonds. The minimum Gasteiger partial charge on any atom is -0.285 e. The summed E-state index contributed by atoms with van der Waals surface area (Å²) in [6.07, 6.45) is 3.08. The molecule has 0 N–H and O–H groups in total. The van der Waals surface area contributed by atoms with Crippen LogP contribution in [-0.2, 0) is 13.1 Å². The van der Waals surface area contributed by atoms with E-state index in [1.807, 2.05) is 24.3 Å². The van der Waals surface area contributed by atoms with Gasteiger partial charge < -0.3 is 0 Å². The molecular formula is C19H14BrN7O3. The Labute approximate surface area is 178 Å². The molecule has 0 radical (unpaired) electrons. The second-order valence-electron chi connectivity index (χ2n) is 6.48. The number of carbonyl (C=O) groups excluding carboxylic acids is 1. The van der Waals surface area contributed by atoms with Gasteiger partial charge in [0, 0.05) is 16.6 Å². The lowest BCUT2D eigenvalue weighted by atomic mass is 10.2. The summed E-state index contributed by atoms with van der Waals surface area (Å²) < 4.78 is 4.05. The van der Waals surface area contributed by atoms with Gasteiger partial charge in [-0.3, -0.25) is 14.9 Å². The van der Waals surface area contributed by atoms with Crippen molar-refractivity contribution in [3.63, 3.8) is 0 Å². The van der Waals surface area contributed by atoms with Crippen LogP contribution in [0.5, 0.6) is 0 Å². The van der Waals surface area contributed by atoms with Gasteiger partial charge in [0.15, 0.2) is 11.4 Å². The molecule has 0 bridgehead atoms. The number of carbonyl (C=O) groups is 1. The number of hydrogen-bond acceptors (Lipinski definition) is 7. The lowest BCUT2D eigenvalue weighted by molar-refractivity contribution is -0.384. The van der Waals surface area contributed by atoms with Crippen molar-refractivity contribution >= 4 is 27.4 Å². The normalized spacial score (nSPS) is 10.8. The molecule has 4 aromatic rings. The third-order valence-electron chi connectivity index (χ3n) is 4.29. The molecule has 2 aromatic heterocycles. The number of rotatable bonds is 7. The first-order valence-electron chi connectivity index (χ1n) is 8.81. The van der Waals surface area contributed by atoms with E-state index in [-0.39, 0.29) is 22.9 Å². The molecule has 30 heavy (non-hydrogen) atoms. The average molecular weight is 468 g/mol. The van der Waals surface area contributed by atoms with Crippen LogP contribution in [0.3, 0.4) is 0 Å². The highest BCUT2D eigenvalue weighted by Crippen LogP contribution is 2.14. The first-order valence-corrected chi connectivity index (χ1v) is 9.60. The van der Waals surface area contributed by atoms with Crippen LogP contribution >= 0.6 is 15.9 Å². The molecule has 0 aliphatic heterocycles. The molecular weight excluding hydrogens is 454 g/mol. The largest absolute Gasteiger partial charge is 0.285 e. The van der Waals surface area contributed by atoms with Crippen molar-refractivity contribution in [2.75, 3.05) is 0 Å². The number of ketones is 1. The molecule has 0 saturated heterocycles. The molecule has 0 aliphatic carbocycles. The van der Waals surface area contributed by atoms with Crippen molar-refractivity contribution in [1.29, 1.82) is 0 Å².